The molecule has 0 radical (unpaired) electrons. The Balaban J connectivity index is 1.78. The van der Waals surface area contributed by atoms with Crippen molar-refractivity contribution in [3.8, 4) is 16.9 Å². The third-order valence-electron chi connectivity index (χ3n) is 4.33. The van der Waals surface area contributed by atoms with E-state index in [4.69, 9.17) is 4.74 Å². The van der Waals surface area contributed by atoms with E-state index in [0.717, 1.165) is 22.9 Å². The molecule has 0 bridgehead atoms. The van der Waals surface area contributed by atoms with Crippen LogP contribution in [-0.2, 0) is 11.4 Å². The minimum Gasteiger partial charge on any atom is -0.487 e. The Morgan fingerprint density at radius 1 is 1.00 bits per heavy atom. The van der Waals surface area contributed by atoms with Gasteiger partial charge in [-0.2, -0.15) is 0 Å². The number of carbonyl (C=O) groups is 2. The lowest BCUT2D eigenvalue weighted by atomic mass is 9.97. The highest BCUT2D eigenvalue weighted by Gasteiger charge is 2.15. The molecule has 1 atom stereocenters. The number of hydrogen-bond donors (Lipinski definition) is 2. The molecule has 154 valence electrons. The maximum atomic E-state index is 12.8. The summed E-state index contributed by atoms with van der Waals surface area (Å²) < 4.78 is 5.78. The number of hydrogen-bond acceptors (Lipinski definition) is 4. The smallest absolute Gasteiger partial charge is 0.252 e. The van der Waals surface area contributed by atoms with Crippen LogP contribution in [0.2, 0.25) is 0 Å². The van der Waals surface area contributed by atoms with E-state index < -0.39 is 0 Å². The van der Waals surface area contributed by atoms with E-state index in [2.05, 4.69) is 24.9 Å². The van der Waals surface area contributed by atoms with Gasteiger partial charge in [0, 0.05) is 18.3 Å². The summed E-state index contributed by atoms with van der Waals surface area (Å²) in [6, 6.07) is 18.9. The van der Waals surface area contributed by atoms with Crippen LogP contribution in [0.25, 0.3) is 11.1 Å². The van der Waals surface area contributed by atoms with Crippen molar-refractivity contribution in [3.63, 3.8) is 0 Å². The van der Waals surface area contributed by atoms with Crippen molar-refractivity contribution in [2.75, 3.05) is 19.3 Å². The zero-order valence-electron chi connectivity index (χ0n) is 16.5. The molecule has 30 heavy (non-hydrogen) atoms. The van der Waals surface area contributed by atoms with Gasteiger partial charge < -0.3 is 15.4 Å². The SMILES string of the molecule is O=C(CNC(=O)c1ccc(COc2cccnc2)cc1-c1ccccc1)NCCP. The first-order valence-electron chi connectivity index (χ1n) is 9.63. The third-order valence-corrected chi connectivity index (χ3v) is 4.62. The van der Waals surface area contributed by atoms with Crippen LogP contribution in [0.3, 0.4) is 0 Å². The Morgan fingerprint density at radius 2 is 1.83 bits per heavy atom. The van der Waals surface area contributed by atoms with E-state index in [1.54, 1.807) is 18.5 Å². The van der Waals surface area contributed by atoms with Gasteiger partial charge in [-0.05, 0) is 47.1 Å². The fourth-order valence-electron chi connectivity index (χ4n) is 2.86. The highest BCUT2D eigenvalue weighted by atomic mass is 31.0. The van der Waals surface area contributed by atoms with E-state index in [9.17, 15) is 9.59 Å². The van der Waals surface area contributed by atoms with Crippen LogP contribution in [0.4, 0.5) is 0 Å². The highest BCUT2D eigenvalue weighted by Crippen LogP contribution is 2.26. The summed E-state index contributed by atoms with van der Waals surface area (Å²) in [5.74, 6) is 0.167. The van der Waals surface area contributed by atoms with E-state index in [-0.39, 0.29) is 18.4 Å². The monoisotopic (exact) mass is 421 g/mol. The third kappa shape index (κ3) is 6.13. The maximum Gasteiger partial charge on any atom is 0.252 e. The summed E-state index contributed by atoms with van der Waals surface area (Å²) in [6.07, 6.45) is 4.11. The number of nitrogens with one attached hydrogen (secondary N) is 2. The number of rotatable bonds is 9. The molecular weight excluding hydrogens is 397 g/mol. The average molecular weight is 421 g/mol. The van der Waals surface area contributed by atoms with Gasteiger partial charge >= 0.3 is 0 Å². The largest absolute Gasteiger partial charge is 0.487 e. The summed E-state index contributed by atoms with van der Waals surface area (Å²) in [6.45, 7) is 0.842. The number of aromatic nitrogens is 1. The van der Waals surface area contributed by atoms with Crippen LogP contribution in [0.15, 0.2) is 73.1 Å². The number of nitrogens with zero attached hydrogens (tertiary/aromatic N) is 1. The van der Waals surface area contributed by atoms with Gasteiger partial charge in [-0.15, -0.1) is 9.24 Å². The Morgan fingerprint density at radius 3 is 2.57 bits per heavy atom. The molecule has 0 spiro atoms. The Kier molecular flexibility index (Phi) is 7.93. The van der Waals surface area contributed by atoms with Crippen molar-refractivity contribution < 1.29 is 14.3 Å². The summed E-state index contributed by atoms with van der Waals surface area (Å²) >= 11 is 0. The second-order valence-electron chi connectivity index (χ2n) is 6.54. The zero-order valence-corrected chi connectivity index (χ0v) is 17.7. The highest BCUT2D eigenvalue weighted by molar-refractivity contribution is 7.16. The molecule has 7 heteroatoms. The van der Waals surface area contributed by atoms with E-state index in [1.165, 1.54) is 0 Å². The molecule has 0 fully saturated rings. The number of carbonyl (C=O) groups excluding carboxylic acids is 2. The van der Waals surface area contributed by atoms with Crippen molar-refractivity contribution in [1.82, 2.24) is 15.6 Å². The average Bonchev–Trinajstić information content (AvgIpc) is 2.81. The van der Waals surface area contributed by atoms with E-state index in [1.807, 2.05) is 54.6 Å². The quantitative estimate of drug-likeness (QED) is 0.521. The van der Waals surface area contributed by atoms with E-state index in [0.29, 0.717) is 24.5 Å². The molecule has 0 aliphatic heterocycles. The lowest BCUT2D eigenvalue weighted by Crippen LogP contribution is -2.37. The van der Waals surface area contributed by atoms with Crippen molar-refractivity contribution in [2.45, 2.75) is 6.61 Å². The minimum absolute atomic E-state index is 0.0659. The van der Waals surface area contributed by atoms with Crippen LogP contribution in [0, 0.1) is 0 Å². The predicted molar refractivity (Wildman–Crippen MR) is 120 cm³/mol. The number of ether oxygens (including phenoxy) is 1. The van der Waals surface area contributed by atoms with Crippen LogP contribution in [0.5, 0.6) is 5.75 Å². The lowest BCUT2D eigenvalue weighted by Gasteiger charge is -2.13. The second kappa shape index (κ2) is 11.1. The summed E-state index contributed by atoms with van der Waals surface area (Å²) in [7, 11) is 2.54. The molecule has 3 rings (SSSR count). The molecule has 0 aliphatic carbocycles. The standard InChI is InChI=1S/C23H24N3O3P/c27-22(25-11-12-30)15-26-23(28)20-9-8-17(16-29-19-7-4-10-24-14-19)13-21(20)18-5-2-1-3-6-18/h1-10,13-14H,11-12,15-16,30H2,(H,25,27)(H,26,28). The molecule has 2 aromatic carbocycles. The number of amides is 2. The molecule has 0 saturated carbocycles. The Bertz CT molecular complexity index is 981. The van der Waals surface area contributed by atoms with Crippen LogP contribution in [-0.4, -0.2) is 36.0 Å². The zero-order chi connectivity index (χ0) is 21.2. The first kappa shape index (κ1) is 21.5. The lowest BCUT2D eigenvalue weighted by molar-refractivity contribution is -0.120. The predicted octanol–water partition coefficient (Wildman–Crippen LogP) is 3.05. The molecule has 0 saturated heterocycles. The number of pyridine rings is 1. The van der Waals surface area contributed by atoms with Crippen molar-refractivity contribution in [3.05, 3.63) is 84.2 Å². The molecule has 3 aromatic rings. The van der Waals surface area contributed by atoms with Gasteiger partial charge in [-0.1, -0.05) is 36.4 Å². The van der Waals surface area contributed by atoms with Crippen molar-refractivity contribution >= 4 is 21.1 Å². The topological polar surface area (TPSA) is 80.3 Å². The van der Waals surface area contributed by atoms with Gasteiger partial charge in [0.2, 0.25) is 5.91 Å². The van der Waals surface area contributed by atoms with Crippen LogP contribution < -0.4 is 15.4 Å². The molecule has 1 unspecified atom stereocenters. The van der Waals surface area contributed by atoms with Gasteiger partial charge in [-0.3, -0.25) is 14.6 Å². The Labute approximate surface area is 178 Å². The molecule has 2 N–H and O–H groups in total. The van der Waals surface area contributed by atoms with Gasteiger partial charge in [-0.25, -0.2) is 0 Å². The normalized spacial score (nSPS) is 10.3. The fraction of sp³-hybridized carbons (Fsp3) is 0.174. The summed E-state index contributed by atoms with van der Waals surface area (Å²) in [4.78, 5) is 28.6. The van der Waals surface area contributed by atoms with Crippen LogP contribution >= 0.6 is 9.24 Å². The van der Waals surface area contributed by atoms with Gasteiger partial charge in [0.25, 0.3) is 5.91 Å². The maximum absolute atomic E-state index is 12.8. The summed E-state index contributed by atoms with van der Waals surface area (Å²) in [5.41, 5.74) is 3.13. The molecule has 0 aliphatic rings. The van der Waals surface area contributed by atoms with Crippen LogP contribution in [0.1, 0.15) is 15.9 Å². The fourth-order valence-corrected chi connectivity index (χ4v) is 3.01. The van der Waals surface area contributed by atoms with E-state index >= 15 is 0 Å². The first-order valence-corrected chi connectivity index (χ1v) is 10.4. The molecule has 1 heterocycles. The van der Waals surface area contributed by atoms with Crippen molar-refractivity contribution in [2.24, 2.45) is 0 Å². The second-order valence-corrected chi connectivity index (χ2v) is 7.12. The van der Waals surface area contributed by atoms with Gasteiger partial charge in [0.1, 0.15) is 12.4 Å². The summed E-state index contributed by atoms with van der Waals surface area (Å²) in [5, 5.41) is 5.43. The molecule has 2 amide bonds. The Hall–Kier alpha value is -3.24. The molecule has 1 aromatic heterocycles. The first-order chi connectivity index (χ1) is 14.7. The molecular formula is C23H24N3O3P. The van der Waals surface area contributed by atoms with Gasteiger partial charge in [0.05, 0.1) is 12.7 Å². The molecule has 6 nitrogen and oxygen atoms in total. The minimum atomic E-state index is -0.297. The number of benzene rings is 2. The van der Waals surface area contributed by atoms with Crippen molar-refractivity contribution in [1.29, 1.82) is 0 Å². The van der Waals surface area contributed by atoms with Gasteiger partial charge in [0.15, 0.2) is 0 Å².